The maximum atomic E-state index is 3.62. The molecule has 1 saturated carbocycles. The van der Waals surface area contributed by atoms with E-state index >= 15 is 0 Å². The van der Waals surface area contributed by atoms with Crippen LogP contribution in [0.4, 0.5) is 0 Å². The van der Waals surface area contributed by atoms with E-state index in [4.69, 9.17) is 0 Å². The fourth-order valence-corrected chi connectivity index (χ4v) is 3.98. The molecule has 0 amide bonds. The summed E-state index contributed by atoms with van der Waals surface area (Å²) in [6.07, 6.45) is 7.03. The molecule has 2 fully saturated rings. The van der Waals surface area contributed by atoms with Gasteiger partial charge in [-0.2, -0.15) is 0 Å². The van der Waals surface area contributed by atoms with Gasteiger partial charge in [0, 0.05) is 38.8 Å². The highest BCUT2D eigenvalue weighted by molar-refractivity contribution is 4.91. The van der Waals surface area contributed by atoms with Crippen molar-refractivity contribution in [1.82, 2.24) is 15.1 Å². The van der Waals surface area contributed by atoms with Crippen molar-refractivity contribution >= 4 is 0 Å². The molecular formula is C16H33N3. The van der Waals surface area contributed by atoms with Gasteiger partial charge in [-0.05, 0) is 38.3 Å². The number of hydrogen-bond donors (Lipinski definition) is 1. The molecule has 1 atom stereocenters. The van der Waals surface area contributed by atoms with Gasteiger partial charge < -0.3 is 10.2 Å². The standard InChI is InChI=1S/C16H33N3/c1-4-15-12-19(11-10-18(15)3)14-16(13-17-5-2)8-6-7-9-16/h15,17H,4-14H2,1-3H3. The van der Waals surface area contributed by atoms with Crippen LogP contribution in [0.15, 0.2) is 0 Å². The maximum absolute atomic E-state index is 3.62. The van der Waals surface area contributed by atoms with Crippen molar-refractivity contribution in [2.75, 3.05) is 46.3 Å². The lowest BCUT2D eigenvalue weighted by molar-refractivity contribution is 0.0575. The van der Waals surface area contributed by atoms with Gasteiger partial charge in [0.1, 0.15) is 0 Å². The predicted octanol–water partition coefficient (Wildman–Crippen LogP) is 2.18. The average Bonchev–Trinajstić information content (AvgIpc) is 2.87. The summed E-state index contributed by atoms with van der Waals surface area (Å²) in [5.41, 5.74) is 0.574. The van der Waals surface area contributed by atoms with Crippen LogP contribution in [0.2, 0.25) is 0 Å². The third-order valence-corrected chi connectivity index (χ3v) is 5.31. The molecule has 1 N–H and O–H groups in total. The van der Waals surface area contributed by atoms with Gasteiger partial charge in [0.25, 0.3) is 0 Å². The lowest BCUT2D eigenvalue weighted by Gasteiger charge is -2.43. The molecule has 112 valence electrons. The highest BCUT2D eigenvalue weighted by atomic mass is 15.3. The Kier molecular flexibility index (Phi) is 5.67. The van der Waals surface area contributed by atoms with Gasteiger partial charge in [-0.1, -0.05) is 26.7 Å². The quantitative estimate of drug-likeness (QED) is 0.796. The summed E-state index contributed by atoms with van der Waals surface area (Å²) >= 11 is 0. The number of piperazine rings is 1. The number of likely N-dealkylation sites (N-methyl/N-ethyl adjacent to an activating group) is 1. The molecule has 19 heavy (non-hydrogen) atoms. The van der Waals surface area contributed by atoms with E-state index in [1.165, 1.54) is 64.8 Å². The minimum absolute atomic E-state index is 0.574. The highest BCUT2D eigenvalue weighted by Gasteiger charge is 2.36. The summed E-state index contributed by atoms with van der Waals surface area (Å²) in [7, 11) is 2.29. The fraction of sp³-hybridized carbons (Fsp3) is 1.00. The summed E-state index contributed by atoms with van der Waals surface area (Å²) in [5.74, 6) is 0. The first-order valence-electron chi connectivity index (χ1n) is 8.32. The number of nitrogens with zero attached hydrogens (tertiary/aromatic N) is 2. The van der Waals surface area contributed by atoms with Gasteiger partial charge in [0.15, 0.2) is 0 Å². The zero-order valence-electron chi connectivity index (χ0n) is 13.2. The topological polar surface area (TPSA) is 18.5 Å². The smallest absolute Gasteiger partial charge is 0.0218 e. The van der Waals surface area contributed by atoms with E-state index in [1.54, 1.807) is 0 Å². The third-order valence-electron chi connectivity index (χ3n) is 5.31. The molecule has 0 spiro atoms. The first kappa shape index (κ1) is 15.3. The first-order chi connectivity index (χ1) is 9.19. The molecule has 3 heteroatoms. The van der Waals surface area contributed by atoms with E-state index < -0.39 is 0 Å². The van der Waals surface area contributed by atoms with Crippen molar-refractivity contribution in [3.05, 3.63) is 0 Å². The van der Waals surface area contributed by atoms with Crippen molar-refractivity contribution in [1.29, 1.82) is 0 Å². The second kappa shape index (κ2) is 7.05. The molecule has 2 aliphatic rings. The lowest BCUT2D eigenvalue weighted by atomic mass is 9.85. The Hall–Kier alpha value is -0.120. The second-order valence-electron chi connectivity index (χ2n) is 6.77. The van der Waals surface area contributed by atoms with Gasteiger partial charge in [-0.3, -0.25) is 4.90 Å². The number of rotatable bonds is 6. The van der Waals surface area contributed by atoms with Gasteiger partial charge in [0.2, 0.25) is 0 Å². The Morgan fingerprint density at radius 2 is 1.89 bits per heavy atom. The van der Waals surface area contributed by atoms with E-state index in [0.29, 0.717) is 5.41 Å². The van der Waals surface area contributed by atoms with Crippen molar-refractivity contribution in [2.24, 2.45) is 5.41 Å². The van der Waals surface area contributed by atoms with Crippen LogP contribution in [-0.2, 0) is 0 Å². The molecule has 0 radical (unpaired) electrons. The molecule has 1 aliphatic carbocycles. The summed E-state index contributed by atoms with van der Waals surface area (Å²) < 4.78 is 0. The predicted molar refractivity (Wildman–Crippen MR) is 82.6 cm³/mol. The molecule has 1 unspecified atom stereocenters. The maximum Gasteiger partial charge on any atom is 0.0218 e. The molecule has 1 heterocycles. The Bertz CT molecular complexity index is 261. The van der Waals surface area contributed by atoms with Gasteiger partial charge in [-0.25, -0.2) is 0 Å². The molecule has 1 saturated heterocycles. The van der Waals surface area contributed by atoms with E-state index in [1.807, 2.05) is 0 Å². The van der Waals surface area contributed by atoms with Crippen molar-refractivity contribution in [2.45, 2.75) is 52.0 Å². The second-order valence-corrected chi connectivity index (χ2v) is 6.77. The zero-order valence-corrected chi connectivity index (χ0v) is 13.2. The van der Waals surface area contributed by atoms with Crippen LogP contribution in [0.25, 0.3) is 0 Å². The van der Waals surface area contributed by atoms with Crippen LogP contribution in [-0.4, -0.2) is 62.2 Å². The number of hydrogen-bond acceptors (Lipinski definition) is 3. The highest BCUT2D eigenvalue weighted by Crippen LogP contribution is 2.38. The molecule has 2 rings (SSSR count). The molecule has 0 aromatic rings. The Labute approximate surface area is 119 Å². The molecule has 3 nitrogen and oxygen atoms in total. The van der Waals surface area contributed by atoms with Gasteiger partial charge >= 0.3 is 0 Å². The fourth-order valence-electron chi connectivity index (χ4n) is 3.98. The summed E-state index contributed by atoms with van der Waals surface area (Å²) in [6, 6.07) is 0.770. The van der Waals surface area contributed by atoms with E-state index in [2.05, 4.69) is 36.0 Å². The van der Waals surface area contributed by atoms with Crippen molar-refractivity contribution in [3.63, 3.8) is 0 Å². The molecule has 1 aliphatic heterocycles. The van der Waals surface area contributed by atoms with Crippen LogP contribution >= 0.6 is 0 Å². The SMILES string of the molecule is CCNCC1(CN2CCN(C)C(CC)C2)CCCC1. The zero-order chi connectivity index (χ0) is 13.7. The minimum atomic E-state index is 0.574. The summed E-state index contributed by atoms with van der Waals surface area (Å²) in [5, 5.41) is 3.62. The Morgan fingerprint density at radius 1 is 1.16 bits per heavy atom. The normalized spacial score (nSPS) is 28.9. The van der Waals surface area contributed by atoms with Crippen LogP contribution in [0, 0.1) is 5.41 Å². The Morgan fingerprint density at radius 3 is 2.53 bits per heavy atom. The van der Waals surface area contributed by atoms with E-state index in [9.17, 15) is 0 Å². The monoisotopic (exact) mass is 267 g/mol. The third kappa shape index (κ3) is 3.93. The van der Waals surface area contributed by atoms with Crippen molar-refractivity contribution in [3.8, 4) is 0 Å². The summed E-state index contributed by atoms with van der Waals surface area (Å²) in [4.78, 5) is 5.29. The lowest BCUT2D eigenvalue weighted by Crippen LogP contribution is -2.54. The first-order valence-corrected chi connectivity index (χ1v) is 8.32. The van der Waals surface area contributed by atoms with Crippen LogP contribution < -0.4 is 5.32 Å². The van der Waals surface area contributed by atoms with Crippen LogP contribution in [0.5, 0.6) is 0 Å². The van der Waals surface area contributed by atoms with Gasteiger partial charge in [0.05, 0.1) is 0 Å². The average molecular weight is 267 g/mol. The van der Waals surface area contributed by atoms with Crippen molar-refractivity contribution < 1.29 is 0 Å². The van der Waals surface area contributed by atoms with Crippen LogP contribution in [0.3, 0.4) is 0 Å². The largest absolute Gasteiger partial charge is 0.316 e. The minimum Gasteiger partial charge on any atom is -0.316 e. The molecule has 0 aromatic heterocycles. The number of nitrogens with one attached hydrogen (secondary N) is 1. The van der Waals surface area contributed by atoms with E-state index in [0.717, 1.165) is 12.6 Å². The molecule has 0 aromatic carbocycles. The van der Waals surface area contributed by atoms with E-state index in [-0.39, 0.29) is 0 Å². The van der Waals surface area contributed by atoms with Gasteiger partial charge in [-0.15, -0.1) is 0 Å². The summed E-state index contributed by atoms with van der Waals surface area (Å²) in [6.45, 7) is 12.0. The molecular weight excluding hydrogens is 234 g/mol. The molecule has 0 bridgehead atoms. The van der Waals surface area contributed by atoms with Crippen LogP contribution in [0.1, 0.15) is 46.0 Å². The Balaban J connectivity index is 1.90.